The van der Waals surface area contributed by atoms with Crippen LogP contribution in [0.25, 0.3) is 11.2 Å². The summed E-state index contributed by atoms with van der Waals surface area (Å²) in [7, 11) is 0. The third-order valence-corrected chi connectivity index (χ3v) is 4.48. The first-order valence-electron chi connectivity index (χ1n) is 7.64. The van der Waals surface area contributed by atoms with E-state index in [0.29, 0.717) is 0 Å². The van der Waals surface area contributed by atoms with Crippen molar-refractivity contribution >= 4 is 34.4 Å². The lowest BCUT2D eigenvalue weighted by Crippen LogP contribution is -2.03. The van der Waals surface area contributed by atoms with E-state index in [4.69, 9.17) is 0 Å². The van der Waals surface area contributed by atoms with E-state index in [2.05, 4.69) is 37.4 Å². The van der Waals surface area contributed by atoms with Gasteiger partial charge < -0.3 is 5.32 Å². The molecule has 24 heavy (non-hydrogen) atoms. The van der Waals surface area contributed by atoms with Crippen molar-refractivity contribution in [3.05, 3.63) is 72.6 Å². The number of hydrogen-bond donors (Lipinski definition) is 2. The highest BCUT2D eigenvalue weighted by molar-refractivity contribution is 7.98. The Morgan fingerprint density at radius 2 is 1.71 bits per heavy atom. The molecule has 0 aliphatic rings. The number of anilines is 2. The lowest BCUT2D eigenvalue weighted by molar-refractivity contribution is -0.347. The molecular formula is C18H16N5S+. The van der Waals surface area contributed by atoms with E-state index < -0.39 is 0 Å². The molecule has 0 saturated heterocycles. The number of benzene rings is 2. The lowest BCUT2D eigenvalue weighted by atomic mass is 10.2. The molecule has 0 fully saturated rings. The van der Waals surface area contributed by atoms with Gasteiger partial charge in [0.25, 0.3) is 5.16 Å². The Morgan fingerprint density at radius 1 is 0.958 bits per heavy atom. The van der Waals surface area contributed by atoms with E-state index in [1.165, 1.54) is 5.56 Å². The molecule has 0 unspecified atom stereocenters. The molecule has 118 valence electrons. The molecule has 0 saturated carbocycles. The first-order chi connectivity index (χ1) is 11.9. The first-order valence-corrected chi connectivity index (χ1v) is 8.63. The van der Waals surface area contributed by atoms with Crippen molar-refractivity contribution in [2.24, 2.45) is 0 Å². The van der Waals surface area contributed by atoms with Crippen molar-refractivity contribution in [1.29, 1.82) is 0 Å². The molecule has 0 aliphatic heterocycles. The Kier molecular flexibility index (Phi) is 4.12. The summed E-state index contributed by atoms with van der Waals surface area (Å²) < 4.78 is 0. The van der Waals surface area contributed by atoms with Crippen LogP contribution in [-0.2, 0) is 5.75 Å². The van der Waals surface area contributed by atoms with E-state index >= 15 is 0 Å². The first kappa shape index (κ1) is 14.7. The maximum atomic E-state index is 4.67. The van der Waals surface area contributed by atoms with Gasteiger partial charge in [0.15, 0.2) is 12.1 Å². The van der Waals surface area contributed by atoms with Crippen LogP contribution in [0.5, 0.6) is 0 Å². The molecule has 4 rings (SSSR count). The average Bonchev–Trinajstić information content (AvgIpc) is 3.11. The molecule has 0 amide bonds. The largest absolute Gasteiger partial charge is 0.337 e. The van der Waals surface area contributed by atoms with Crippen molar-refractivity contribution < 1.29 is 4.98 Å². The topological polar surface area (TPSA) is 67.7 Å². The van der Waals surface area contributed by atoms with Gasteiger partial charge in [0.1, 0.15) is 0 Å². The second-order valence-electron chi connectivity index (χ2n) is 5.28. The van der Waals surface area contributed by atoms with Gasteiger partial charge in [-0.1, -0.05) is 65.3 Å². The number of nitrogens with zero attached hydrogens (tertiary/aromatic N) is 2. The predicted octanol–water partition coefficient (Wildman–Crippen LogP) is 3.81. The van der Waals surface area contributed by atoms with Gasteiger partial charge in [0.2, 0.25) is 5.52 Å². The van der Waals surface area contributed by atoms with Crippen LogP contribution in [0.15, 0.2) is 72.1 Å². The summed E-state index contributed by atoms with van der Waals surface area (Å²) in [5, 5.41) is 4.09. The number of aromatic amines is 2. The van der Waals surface area contributed by atoms with Crippen LogP contribution >= 0.6 is 11.8 Å². The lowest BCUT2D eigenvalue weighted by Gasteiger charge is -2.05. The minimum atomic E-state index is 0.737. The van der Waals surface area contributed by atoms with E-state index in [9.17, 15) is 0 Å². The normalized spacial score (nSPS) is 10.8. The van der Waals surface area contributed by atoms with E-state index in [1.54, 1.807) is 18.1 Å². The predicted molar refractivity (Wildman–Crippen MR) is 96.2 cm³/mol. The standard InChI is InChI=1S/C18H15N5S/c1-3-7-13(8-4-1)11-24-18-22-16-15(19-12-20-16)17(23-18)21-14-9-5-2-6-10-14/h1-10,12H,11H2,(H2,19,20,21,22,23)/p+1. The van der Waals surface area contributed by atoms with Gasteiger partial charge in [0.05, 0.1) is 0 Å². The van der Waals surface area contributed by atoms with Gasteiger partial charge in [-0.3, -0.25) is 4.98 Å². The van der Waals surface area contributed by atoms with Gasteiger partial charge in [0, 0.05) is 11.4 Å². The number of H-pyrrole nitrogens is 2. The van der Waals surface area contributed by atoms with Gasteiger partial charge in [-0.05, 0) is 17.7 Å². The van der Waals surface area contributed by atoms with Crippen LogP contribution in [0.1, 0.15) is 5.56 Å². The van der Waals surface area contributed by atoms with Crippen LogP contribution in [0.4, 0.5) is 11.5 Å². The summed E-state index contributed by atoms with van der Waals surface area (Å²) in [6.07, 6.45) is 1.77. The van der Waals surface area contributed by atoms with Gasteiger partial charge in [-0.25, -0.2) is 4.98 Å². The second kappa shape index (κ2) is 6.72. The fraction of sp³-hybridized carbons (Fsp3) is 0.0556. The third-order valence-electron chi connectivity index (χ3n) is 3.56. The molecule has 0 atom stereocenters. The van der Waals surface area contributed by atoms with Crippen LogP contribution in [0.2, 0.25) is 0 Å². The van der Waals surface area contributed by atoms with Crippen LogP contribution in [0.3, 0.4) is 0 Å². The molecule has 6 heteroatoms. The maximum absolute atomic E-state index is 4.67. The smallest absolute Gasteiger partial charge is 0.306 e. The highest BCUT2D eigenvalue weighted by Gasteiger charge is 2.16. The number of para-hydroxylation sites is 1. The summed E-state index contributed by atoms with van der Waals surface area (Å²) >= 11 is 1.62. The fourth-order valence-corrected chi connectivity index (χ4v) is 3.19. The maximum Gasteiger partial charge on any atom is 0.306 e. The SMILES string of the molecule is c1ccc(CSc2nc(Nc3ccccc3)c3[nH]c[nH+]c3n2)cc1. The Morgan fingerprint density at radius 3 is 2.50 bits per heavy atom. The van der Waals surface area contributed by atoms with Crippen LogP contribution < -0.4 is 10.3 Å². The molecule has 0 bridgehead atoms. The average molecular weight is 334 g/mol. The summed E-state index contributed by atoms with van der Waals surface area (Å²) in [5.74, 6) is 1.60. The van der Waals surface area contributed by atoms with Gasteiger partial charge in [-0.2, -0.15) is 4.98 Å². The number of imidazole rings is 1. The van der Waals surface area contributed by atoms with E-state index in [1.807, 2.05) is 48.5 Å². The van der Waals surface area contributed by atoms with Crippen molar-refractivity contribution in [1.82, 2.24) is 15.0 Å². The molecular weight excluding hydrogens is 318 g/mol. The Balaban J connectivity index is 1.62. The minimum Gasteiger partial charge on any atom is -0.337 e. The fourth-order valence-electron chi connectivity index (χ4n) is 2.39. The number of nitrogens with one attached hydrogen (secondary N) is 3. The Labute approximate surface area is 143 Å². The zero-order valence-electron chi connectivity index (χ0n) is 12.9. The number of aromatic nitrogens is 4. The summed E-state index contributed by atoms with van der Waals surface area (Å²) in [4.78, 5) is 15.5. The monoisotopic (exact) mass is 334 g/mol. The molecule has 0 spiro atoms. The Hall–Kier alpha value is -2.86. The molecule has 2 heterocycles. The van der Waals surface area contributed by atoms with E-state index in [-0.39, 0.29) is 0 Å². The summed E-state index contributed by atoms with van der Waals surface area (Å²) in [6, 6.07) is 20.3. The number of fused-ring (bicyclic) bond motifs is 1. The van der Waals surface area contributed by atoms with Crippen molar-refractivity contribution in [3.8, 4) is 0 Å². The molecule has 0 radical (unpaired) electrons. The quantitative estimate of drug-likeness (QED) is 0.430. The van der Waals surface area contributed by atoms with E-state index in [0.717, 1.165) is 33.6 Å². The molecule has 2 aromatic carbocycles. The molecule has 2 aromatic heterocycles. The third kappa shape index (κ3) is 3.23. The molecule has 4 aromatic rings. The van der Waals surface area contributed by atoms with Gasteiger partial charge in [-0.15, -0.1) is 0 Å². The van der Waals surface area contributed by atoms with Crippen LogP contribution in [-0.4, -0.2) is 15.0 Å². The Bertz CT molecular complexity index is 937. The zero-order valence-corrected chi connectivity index (χ0v) is 13.7. The molecule has 5 nitrogen and oxygen atoms in total. The number of thioether (sulfide) groups is 1. The molecule has 0 aliphatic carbocycles. The molecule has 3 N–H and O–H groups in total. The highest BCUT2D eigenvalue weighted by atomic mass is 32.2. The van der Waals surface area contributed by atoms with Crippen molar-refractivity contribution in [3.63, 3.8) is 0 Å². The van der Waals surface area contributed by atoms with Crippen molar-refractivity contribution in [2.75, 3.05) is 5.32 Å². The number of rotatable bonds is 5. The zero-order chi connectivity index (χ0) is 16.2. The van der Waals surface area contributed by atoms with Crippen LogP contribution in [0, 0.1) is 0 Å². The van der Waals surface area contributed by atoms with Gasteiger partial charge >= 0.3 is 5.65 Å². The summed E-state index contributed by atoms with van der Waals surface area (Å²) in [6.45, 7) is 0. The number of hydrogen-bond acceptors (Lipinski definition) is 4. The van der Waals surface area contributed by atoms with Crippen molar-refractivity contribution in [2.45, 2.75) is 10.9 Å². The highest BCUT2D eigenvalue weighted by Crippen LogP contribution is 2.25. The second-order valence-corrected chi connectivity index (χ2v) is 6.22. The summed E-state index contributed by atoms with van der Waals surface area (Å²) in [5.41, 5.74) is 3.90. The minimum absolute atomic E-state index is 0.737.